The first-order chi connectivity index (χ1) is 10.4. The van der Waals surface area contributed by atoms with Crippen LogP contribution in [0.5, 0.6) is 6.01 Å². The fourth-order valence-corrected chi connectivity index (χ4v) is 2.60. The second kappa shape index (κ2) is 7.33. The predicted molar refractivity (Wildman–Crippen MR) is 81.7 cm³/mol. The highest BCUT2D eigenvalue weighted by molar-refractivity contribution is 5.83. The fraction of sp³-hybridized carbons (Fsp3) is 0.625. The zero-order valence-corrected chi connectivity index (χ0v) is 13.5. The van der Waals surface area contributed by atoms with Crippen molar-refractivity contribution in [1.82, 2.24) is 14.9 Å². The van der Waals surface area contributed by atoms with Crippen molar-refractivity contribution in [2.75, 3.05) is 13.1 Å². The van der Waals surface area contributed by atoms with Crippen LogP contribution in [-0.4, -0.2) is 45.8 Å². The molecule has 6 heteroatoms. The van der Waals surface area contributed by atoms with Gasteiger partial charge < -0.3 is 14.4 Å². The third-order valence-corrected chi connectivity index (χ3v) is 3.66. The number of hydrogen-bond acceptors (Lipinski definition) is 5. The summed E-state index contributed by atoms with van der Waals surface area (Å²) in [6.45, 7) is 6.57. The average Bonchev–Trinajstić information content (AvgIpc) is 2.44. The van der Waals surface area contributed by atoms with Crippen LogP contribution in [0.15, 0.2) is 6.07 Å². The first-order valence-electron chi connectivity index (χ1n) is 7.70. The molecular formula is C16H23N3O3. The average molecular weight is 305 g/mol. The molecule has 2 rings (SSSR count). The molecule has 0 N–H and O–H groups in total. The molecule has 1 aliphatic rings. The molecule has 1 aromatic rings. The molecule has 22 heavy (non-hydrogen) atoms. The van der Waals surface area contributed by atoms with Crippen molar-refractivity contribution in [3.8, 4) is 6.01 Å². The number of hydrogen-bond donors (Lipinski definition) is 0. The number of aromatic nitrogens is 2. The molecule has 1 fully saturated rings. The summed E-state index contributed by atoms with van der Waals surface area (Å²) in [6.07, 6.45) is 2.27. The number of piperidine rings is 1. The Morgan fingerprint density at radius 3 is 2.59 bits per heavy atom. The molecule has 1 atom stereocenters. The van der Waals surface area contributed by atoms with E-state index in [0.717, 1.165) is 30.8 Å². The first-order valence-corrected chi connectivity index (χ1v) is 7.70. The number of carbonyl (C=O) groups is 2. The highest BCUT2D eigenvalue weighted by Gasteiger charge is 2.25. The van der Waals surface area contributed by atoms with Crippen molar-refractivity contribution >= 4 is 11.7 Å². The van der Waals surface area contributed by atoms with E-state index < -0.39 is 0 Å². The van der Waals surface area contributed by atoms with E-state index in [2.05, 4.69) is 9.97 Å². The molecule has 1 aromatic heterocycles. The summed E-state index contributed by atoms with van der Waals surface area (Å²) in [5.41, 5.74) is 1.74. The Morgan fingerprint density at radius 2 is 1.95 bits per heavy atom. The Kier molecular flexibility index (Phi) is 5.46. The van der Waals surface area contributed by atoms with Crippen LogP contribution in [0.25, 0.3) is 0 Å². The van der Waals surface area contributed by atoms with Gasteiger partial charge in [0.05, 0.1) is 6.54 Å². The highest BCUT2D eigenvalue weighted by atomic mass is 16.5. The Balaban J connectivity index is 1.92. The number of carbonyl (C=O) groups excluding carboxylic acids is 2. The predicted octanol–water partition coefficient (Wildman–Crippen LogP) is 1.83. The Hall–Kier alpha value is -1.98. The van der Waals surface area contributed by atoms with Gasteiger partial charge in [-0.2, -0.15) is 0 Å². The van der Waals surface area contributed by atoms with Gasteiger partial charge in [0.25, 0.3) is 0 Å². The highest BCUT2D eigenvalue weighted by Crippen LogP contribution is 2.17. The lowest BCUT2D eigenvalue weighted by Gasteiger charge is -2.32. The van der Waals surface area contributed by atoms with Gasteiger partial charge in [0.2, 0.25) is 5.91 Å². The Labute approximate surface area is 130 Å². The zero-order valence-electron chi connectivity index (χ0n) is 13.5. The number of likely N-dealkylation sites (tertiary alicyclic amines) is 1. The van der Waals surface area contributed by atoms with Gasteiger partial charge in [-0.1, -0.05) is 0 Å². The molecule has 1 saturated heterocycles. The molecule has 1 unspecified atom stereocenters. The topological polar surface area (TPSA) is 72.4 Å². The van der Waals surface area contributed by atoms with Crippen LogP contribution in [0.2, 0.25) is 0 Å². The second-order valence-corrected chi connectivity index (χ2v) is 5.86. The van der Waals surface area contributed by atoms with Crippen LogP contribution in [0.3, 0.4) is 0 Å². The number of Topliss-reactive ketones (excluding diaryl/α,β-unsaturated/α-hetero) is 1. The summed E-state index contributed by atoms with van der Waals surface area (Å²) in [7, 11) is 0. The third kappa shape index (κ3) is 4.79. The van der Waals surface area contributed by atoms with Crippen LogP contribution < -0.4 is 4.74 Å². The summed E-state index contributed by atoms with van der Waals surface area (Å²) in [5.74, 6) is 0.0617. The molecule has 6 nitrogen and oxygen atoms in total. The van der Waals surface area contributed by atoms with Crippen LogP contribution in [0, 0.1) is 13.8 Å². The number of aryl methyl sites for hydroxylation is 2. The maximum atomic E-state index is 12.1. The lowest BCUT2D eigenvalue weighted by Crippen LogP contribution is -2.44. The second-order valence-electron chi connectivity index (χ2n) is 5.86. The molecule has 0 aliphatic carbocycles. The smallest absolute Gasteiger partial charge is 0.317 e. The number of nitrogens with zero attached hydrogens (tertiary/aromatic N) is 3. The van der Waals surface area contributed by atoms with Crippen LogP contribution >= 0.6 is 0 Å². The minimum Gasteiger partial charge on any atom is -0.458 e. The maximum Gasteiger partial charge on any atom is 0.317 e. The van der Waals surface area contributed by atoms with Gasteiger partial charge in [0, 0.05) is 30.8 Å². The SMILES string of the molecule is CC(=O)CCC(=O)N1CCCC(Oc2nc(C)cc(C)n2)C1. The molecule has 0 spiro atoms. The van der Waals surface area contributed by atoms with Crippen molar-refractivity contribution in [2.45, 2.75) is 52.6 Å². The van der Waals surface area contributed by atoms with Gasteiger partial charge >= 0.3 is 6.01 Å². The van der Waals surface area contributed by atoms with Crippen LogP contribution in [0.4, 0.5) is 0 Å². The maximum absolute atomic E-state index is 12.1. The van der Waals surface area contributed by atoms with E-state index in [4.69, 9.17) is 4.74 Å². The van der Waals surface area contributed by atoms with Crippen molar-refractivity contribution in [1.29, 1.82) is 0 Å². The van der Waals surface area contributed by atoms with Crippen molar-refractivity contribution in [3.05, 3.63) is 17.5 Å². The fourth-order valence-electron chi connectivity index (χ4n) is 2.60. The lowest BCUT2D eigenvalue weighted by molar-refractivity contribution is -0.135. The summed E-state index contributed by atoms with van der Waals surface area (Å²) >= 11 is 0. The van der Waals surface area contributed by atoms with E-state index in [9.17, 15) is 9.59 Å². The van der Waals surface area contributed by atoms with Gasteiger partial charge in [0.15, 0.2) is 0 Å². The van der Waals surface area contributed by atoms with Gasteiger partial charge in [-0.05, 0) is 39.7 Å². The summed E-state index contributed by atoms with van der Waals surface area (Å²) in [6, 6.07) is 2.27. The molecule has 0 radical (unpaired) electrons. The third-order valence-electron chi connectivity index (χ3n) is 3.66. The van der Waals surface area contributed by atoms with E-state index in [1.54, 1.807) is 4.90 Å². The number of ether oxygens (including phenoxy) is 1. The molecule has 0 aromatic carbocycles. The van der Waals surface area contributed by atoms with Crippen molar-refractivity contribution < 1.29 is 14.3 Å². The number of ketones is 1. The van der Waals surface area contributed by atoms with Gasteiger partial charge in [-0.25, -0.2) is 9.97 Å². The lowest BCUT2D eigenvalue weighted by atomic mass is 10.1. The quantitative estimate of drug-likeness (QED) is 0.830. The molecule has 2 heterocycles. The minimum atomic E-state index is -0.0868. The van der Waals surface area contributed by atoms with Gasteiger partial charge in [0.1, 0.15) is 11.9 Å². The van der Waals surface area contributed by atoms with Gasteiger partial charge in [-0.3, -0.25) is 4.79 Å². The van der Waals surface area contributed by atoms with Crippen LogP contribution in [0.1, 0.15) is 44.0 Å². The summed E-state index contributed by atoms with van der Waals surface area (Å²) < 4.78 is 5.84. The standard InChI is InChI=1S/C16H23N3O3/c1-11-9-12(2)18-16(17-11)22-14-5-4-8-19(10-14)15(21)7-6-13(3)20/h9,14H,4-8,10H2,1-3H3. The summed E-state index contributed by atoms with van der Waals surface area (Å²) in [4.78, 5) is 33.4. The monoisotopic (exact) mass is 305 g/mol. The van der Waals surface area contributed by atoms with E-state index in [0.29, 0.717) is 19.0 Å². The normalized spacial score (nSPS) is 18.1. The Morgan fingerprint density at radius 1 is 1.27 bits per heavy atom. The molecule has 0 bridgehead atoms. The van der Waals surface area contributed by atoms with Crippen molar-refractivity contribution in [3.63, 3.8) is 0 Å². The molecule has 120 valence electrons. The first kappa shape index (κ1) is 16.4. The number of rotatable bonds is 5. The van der Waals surface area contributed by atoms with Gasteiger partial charge in [-0.15, -0.1) is 0 Å². The van der Waals surface area contributed by atoms with E-state index in [1.807, 2.05) is 19.9 Å². The Bertz CT molecular complexity index is 539. The molecular weight excluding hydrogens is 282 g/mol. The van der Waals surface area contributed by atoms with Crippen LogP contribution in [-0.2, 0) is 9.59 Å². The molecule has 1 aliphatic heterocycles. The zero-order chi connectivity index (χ0) is 16.1. The van der Waals surface area contributed by atoms with E-state index in [-0.39, 0.29) is 24.2 Å². The molecule has 1 amide bonds. The number of amides is 1. The van der Waals surface area contributed by atoms with E-state index in [1.165, 1.54) is 6.92 Å². The molecule has 0 saturated carbocycles. The minimum absolute atomic E-state index is 0.0184. The largest absolute Gasteiger partial charge is 0.458 e. The summed E-state index contributed by atoms with van der Waals surface area (Å²) in [5, 5.41) is 0. The van der Waals surface area contributed by atoms with E-state index >= 15 is 0 Å². The van der Waals surface area contributed by atoms with Crippen molar-refractivity contribution in [2.24, 2.45) is 0 Å².